The van der Waals surface area contributed by atoms with E-state index in [1.54, 1.807) is 26.0 Å². The quantitative estimate of drug-likeness (QED) is 0.292. The lowest BCUT2D eigenvalue weighted by atomic mass is 10.00. The Labute approximate surface area is 187 Å². The molecule has 1 saturated heterocycles. The standard InChI is InChI=1S/C22H32N4O6/c1-12(2)18(26-19(28)16-5-4-10-23-16)21(30)25-17(20(29)24-13(3)22(31)32)11-14-6-8-15(27)9-7-14/h6-9,12-13,16-18,23,27H,4-5,10-11H2,1-3H3,(H,24,29)(H,25,30)(H,26,28)(H,31,32). The van der Waals surface area contributed by atoms with Gasteiger partial charge >= 0.3 is 5.97 Å². The van der Waals surface area contributed by atoms with Gasteiger partial charge in [-0.15, -0.1) is 0 Å². The predicted molar refractivity (Wildman–Crippen MR) is 117 cm³/mol. The highest BCUT2D eigenvalue weighted by atomic mass is 16.4. The fourth-order valence-corrected chi connectivity index (χ4v) is 3.41. The number of aromatic hydroxyl groups is 1. The largest absolute Gasteiger partial charge is 0.508 e. The number of carboxylic acids is 1. The highest BCUT2D eigenvalue weighted by Gasteiger charge is 2.32. The number of aliphatic carboxylic acids is 1. The lowest BCUT2D eigenvalue weighted by molar-refractivity contribution is -0.141. The summed E-state index contributed by atoms with van der Waals surface area (Å²) >= 11 is 0. The fraction of sp³-hybridized carbons (Fsp3) is 0.545. The zero-order valence-corrected chi connectivity index (χ0v) is 18.6. The van der Waals surface area contributed by atoms with Crippen molar-refractivity contribution in [2.24, 2.45) is 5.92 Å². The van der Waals surface area contributed by atoms with Crippen molar-refractivity contribution in [3.8, 4) is 5.75 Å². The van der Waals surface area contributed by atoms with Crippen molar-refractivity contribution in [1.29, 1.82) is 0 Å². The zero-order valence-electron chi connectivity index (χ0n) is 18.6. The van der Waals surface area contributed by atoms with Crippen molar-refractivity contribution < 1.29 is 29.4 Å². The van der Waals surface area contributed by atoms with Crippen molar-refractivity contribution in [1.82, 2.24) is 21.3 Å². The van der Waals surface area contributed by atoms with Gasteiger partial charge < -0.3 is 31.5 Å². The molecule has 1 aromatic carbocycles. The van der Waals surface area contributed by atoms with Crippen LogP contribution in [0.15, 0.2) is 24.3 Å². The number of phenolic OH excluding ortho intramolecular Hbond substituents is 1. The molecule has 10 heteroatoms. The van der Waals surface area contributed by atoms with E-state index < -0.39 is 35.9 Å². The summed E-state index contributed by atoms with van der Waals surface area (Å²) in [6, 6.07) is 2.70. The van der Waals surface area contributed by atoms with Crippen molar-refractivity contribution in [3.05, 3.63) is 29.8 Å². The van der Waals surface area contributed by atoms with E-state index >= 15 is 0 Å². The van der Waals surface area contributed by atoms with E-state index in [1.807, 2.05) is 0 Å². The van der Waals surface area contributed by atoms with Gasteiger partial charge in [0.1, 0.15) is 23.9 Å². The normalized spacial score (nSPS) is 18.4. The summed E-state index contributed by atoms with van der Waals surface area (Å²) < 4.78 is 0. The first-order chi connectivity index (χ1) is 15.1. The van der Waals surface area contributed by atoms with Crippen LogP contribution in [0.2, 0.25) is 0 Å². The molecule has 1 aliphatic rings. The number of rotatable bonds is 10. The number of hydrogen-bond donors (Lipinski definition) is 6. The lowest BCUT2D eigenvalue weighted by Gasteiger charge is -2.26. The van der Waals surface area contributed by atoms with Gasteiger partial charge in [-0.25, -0.2) is 0 Å². The first-order valence-electron chi connectivity index (χ1n) is 10.7. The number of amides is 3. The second-order valence-electron chi connectivity index (χ2n) is 8.38. The topological polar surface area (TPSA) is 157 Å². The number of carbonyl (C=O) groups excluding carboxylic acids is 3. The van der Waals surface area contributed by atoms with Gasteiger partial charge in [0.2, 0.25) is 17.7 Å². The summed E-state index contributed by atoms with van der Waals surface area (Å²) in [6.07, 6.45) is 1.65. The van der Waals surface area contributed by atoms with Crippen LogP contribution in [0.25, 0.3) is 0 Å². The van der Waals surface area contributed by atoms with Gasteiger partial charge in [0.15, 0.2) is 0 Å². The van der Waals surface area contributed by atoms with Crippen LogP contribution in [0.3, 0.4) is 0 Å². The van der Waals surface area contributed by atoms with Gasteiger partial charge in [0, 0.05) is 6.42 Å². The number of carboxylic acid groups (broad SMARTS) is 1. The van der Waals surface area contributed by atoms with Crippen molar-refractivity contribution in [2.45, 2.75) is 64.2 Å². The van der Waals surface area contributed by atoms with E-state index in [4.69, 9.17) is 5.11 Å². The molecule has 0 bridgehead atoms. The molecule has 0 radical (unpaired) electrons. The zero-order chi connectivity index (χ0) is 23.8. The second kappa shape index (κ2) is 11.5. The summed E-state index contributed by atoms with van der Waals surface area (Å²) in [6.45, 7) is 5.64. The summed E-state index contributed by atoms with van der Waals surface area (Å²) in [4.78, 5) is 49.4. The maximum absolute atomic E-state index is 13.0. The smallest absolute Gasteiger partial charge is 0.325 e. The SMILES string of the molecule is CC(NC(=O)C(Cc1ccc(O)cc1)NC(=O)C(NC(=O)C1CCCN1)C(C)C)C(=O)O. The molecular weight excluding hydrogens is 416 g/mol. The Hall–Kier alpha value is -3.14. The highest BCUT2D eigenvalue weighted by Crippen LogP contribution is 2.13. The Morgan fingerprint density at radius 2 is 1.69 bits per heavy atom. The average Bonchev–Trinajstić information content (AvgIpc) is 3.27. The van der Waals surface area contributed by atoms with Crippen LogP contribution >= 0.6 is 0 Å². The number of phenols is 1. The van der Waals surface area contributed by atoms with Crippen molar-refractivity contribution >= 4 is 23.7 Å². The maximum Gasteiger partial charge on any atom is 0.325 e. The molecule has 32 heavy (non-hydrogen) atoms. The Kier molecular flexibility index (Phi) is 9.01. The molecule has 4 unspecified atom stereocenters. The van der Waals surface area contributed by atoms with Crippen LogP contribution in [0.4, 0.5) is 0 Å². The van der Waals surface area contributed by atoms with E-state index in [-0.39, 0.29) is 30.0 Å². The third-order valence-corrected chi connectivity index (χ3v) is 5.36. The van der Waals surface area contributed by atoms with E-state index in [0.29, 0.717) is 12.0 Å². The third-order valence-electron chi connectivity index (χ3n) is 5.36. The van der Waals surface area contributed by atoms with Gasteiger partial charge in [-0.3, -0.25) is 19.2 Å². The van der Waals surface area contributed by atoms with Crippen LogP contribution in [0, 0.1) is 5.92 Å². The highest BCUT2D eigenvalue weighted by molar-refractivity contribution is 5.94. The number of carbonyl (C=O) groups is 4. The number of hydrogen-bond acceptors (Lipinski definition) is 6. The molecule has 0 saturated carbocycles. The van der Waals surface area contributed by atoms with Crippen molar-refractivity contribution in [3.63, 3.8) is 0 Å². The molecule has 1 aliphatic heterocycles. The fourth-order valence-electron chi connectivity index (χ4n) is 3.41. The van der Waals surface area contributed by atoms with E-state index in [1.165, 1.54) is 19.1 Å². The van der Waals surface area contributed by atoms with Crippen LogP contribution < -0.4 is 21.3 Å². The first-order valence-corrected chi connectivity index (χ1v) is 10.7. The van der Waals surface area contributed by atoms with Crippen LogP contribution in [-0.2, 0) is 25.6 Å². The Morgan fingerprint density at radius 1 is 1.03 bits per heavy atom. The summed E-state index contributed by atoms with van der Waals surface area (Å²) in [7, 11) is 0. The second-order valence-corrected chi connectivity index (χ2v) is 8.38. The molecule has 4 atom stereocenters. The van der Waals surface area contributed by atoms with Gasteiger partial charge in [-0.1, -0.05) is 26.0 Å². The minimum absolute atomic E-state index is 0.0568. The average molecular weight is 449 g/mol. The molecule has 1 fully saturated rings. The van der Waals surface area contributed by atoms with Crippen LogP contribution in [-0.4, -0.2) is 64.6 Å². The van der Waals surface area contributed by atoms with Gasteiger partial charge in [-0.05, 0) is 49.9 Å². The molecule has 176 valence electrons. The molecule has 3 amide bonds. The summed E-state index contributed by atoms with van der Waals surface area (Å²) in [5.41, 5.74) is 0.659. The molecule has 1 heterocycles. The lowest BCUT2D eigenvalue weighted by Crippen LogP contribution is -2.58. The minimum Gasteiger partial charge on any atom is -0.508 e. The van der Waals surface area contributed by atoms with Gasteiger partial charge in [0.25, 0.3) is 0 Å². The molecule has 10 nitrogen and oxygen atoms in total. The summed E-state index contributed by atoms with van der Waals surface area (Å²) in [5.74, 6) is -2.85. The van der Waals surface area contributed by atoms with E-state index in [9.17, 15) is 24.3 Å². The molecule has 6 N–H and O–H groups in total. The Bertz CT molecular complexity index is 820. The number of nitrogens with one attached hydrogen (secondary N) is 4. The first kappa shape index (κ1) is 25.1. The molecular formula is C22H32N4O6. The molecule has 0 aromatic heterocycles. The van der Waals surface area contributed by atoms with E-state index in [2.05, 4.69) is 21.3 Å². The van der Waals surface area contributed by atoms with Crippen molar-refractivity contribution in [2.75, 3.05) is 6.54 Å². The van der Waals surface area contributed by atoms with E-state index in [0.717, 1.165) is 13.0 Å². The maximum atomic E-state index is 13.0. The Morgan fingerprint density at radius 3 is 2.22 bits per heavy atom. The molecule has 1 aromatic rings. The molecule has 0 aliphatic carbocycles. The van der Waals surface area contributed by atoms with Crippen LogP contribution in [0.1, 0.15) is 39.2 Å². The predicted octanol–water partition coefficient (Wildman–Crippen LogP) is -0.0984. The Balaban J connectivity index is 2.15. The molecule has 0 spiro atoms. The van der Waals surface area contributed by atoms with Gasteiger partial charge in [-0.2, -0.15) is 0 Å². The van der Waals surface area contributed by atoms with Gasteiger partial charge in [0.05, 0.1) is 6.04 Å². The third kappa shape index (κ3) is 7.23. The van der Waals surface area contributed by atoms with Crippen LogP contribution in [0.5, 0.6) is 5.75 Å². The summed E-state index contributed by atoms with van der Waals surface area (Å²) in [5, 5.41) is 29.4. The molecule has 2 rings (SSSR count). The minimum atomic E-state index is -1.20. The number of benzene rings is 1. The monoisotopic (exact) mass is 448 g/mol.